The van der Waals surface area contributed by atoms with Crippen molar-refractivity contribution in [2.45, 2.75) is 0 Å². The summed E-state index contributed by atoms with van der Waals surface area (Å²) in [5.41, 5.74) is 2.50. The lowest BCUT2D eigenvalue weighted by molar-refractivity contribution is 1.62. The second kappa shape index (κ2) is 5.53. The molecule has 4 aromatic rings. The molecule has 0 aliphatic rings. The fourth-order valence-corrected chi connectivity index (χ4v) is 4.20. The first-order chi connectivity index (χ1) is 10.8. The molecule has 106 valence electrons. The highest BCUT2D eigenvalue weighted by atomic mass is 79.9. The van der Waals surface area contributed by atoms with Gasteiger partial charge in [0.15, 0.2) is 0 Å². The Hall–Kier alpha value is -1.64. The predicted octanol–water partition coefficient (Wildman–Crippen LogP) is 7.19. The van der Waals surface area contributed by atoms with Crippen molar-refractivity contribution in [3.05, 3.63) is 81.7 Å². The molecule has 0 spiro atoms. The Kier molecular flexibility index (Phi) is 3.51. The smallest absolute Gasteiger partial charge is 0.0332 e. The van der Waals surface area contributed by atoms with Crippen molar-refractivity contribution in [1.82, 2.24) is 0 Å². The molecular weight excluding hydrogens is 400 g/mol. The first-order valence-corrected chi connectivity index (χ1v) is 8.70. The zero-order valence-electron chi connectivity index (χ0n) is 11.7. The minimum atomic E-state index is 1.12. The third-order valence-electron chi connectivity index (χ3n) is 4.01. The Balaban J connectivity index is 2.29. The topological polar surface area (TPSA) is 0 Å². The van der Waals surface area contributed by atoms with Crippen molar-refractivity contribution < 1.29 is 0 Å². The lowest BCUT2D eigenvalue weighted by atomic mass is 9.92. The lowest BCUT2D eigenvalue weighted by Crippen LogP contribution is -1.88. The Morgan fingerprint density at radius 2 is 0.955 bits per heavy atom. The molecule has 0 amide bonds. The van der Waals surface area contributed by atoms with Crippen LogP contribution in [-0.2, 0) is 0 Å². The van der Waals surface area contributed by atoms with Crippen LogP contribution in [0.25, 0.3) is 32.7 Å². The van der Waals surface area contributed by atoms with Crippen molar-refractivity contribution in [3.63, 3.8) is 0 Å². The van der Waals surface area contributed by atoms with E-state index in [1.54, 1.807) is 0 Å². The first kappa shape index (κ1) is 14.0. The van der Waals surface area contributed by atoms with Gasteiger partial charge in [-0.15, -0.1) is 0 Å². The SMILES string of the molecule is Brc1ccccc1-c1c2ccccc2c(Br)c2ccccc12. The van der Waals surface area contributed by atoms with Crippen molar-refractivity contribution in [2.24, 2.45) is 0 Å². The van der Waals surface area contributed by atoms with E-state index in [-0.39, 0.29) is 0 Å². The Morgan fingerprint density at radius 3 is 1.50 bits per heavy atom. The quantitative estimate of drug-likeness (QED) is 0.291. The van der Waals surface area contributed by atoms with E-state index in [0.717, 1.165) is 8.95 Å². The summed E-state index contributed by atoms with van der Waals surface area (Å²) in [6.45, 7) is 0. The highest BCUT2D eigenvalue weighted by Crippen LogP contribution is 2.43. The number of fused-ring (bicyclic) bond motifs is 2. The molecule has 0 aliphatic heterocycles. The van der Waals surface area contributed by atoms with Crippen molar-refractivity contribution in [3.8, 4) is 11.1 Å². The minimum absolute atomic E-state index is 1.12. The molecule has 0 unspecified atom stereocenters. The predicted molar refractivity (Wildman–Crippen MR) is 102 cm³/mol. The normalized spacial score (nSPS) is 11.2. The third-order valence-corrected chi connectivity index (χ3v) is 5.55. The molecule has 0 atom stereocenters. The lowest BCUT2D eigenvalue weighted by Gasteiger charge is -2.15. The van der Waals surface area contributed by atoms with Crippen LogP contribution >= 0.6 is 31.9 Å². The fourth-order valence-electron chi connectivity index (χ4n) is 3.03. The maximum Gasteiger partial charge on any atom is 0.0332 e. The van der Waals surface area contributed by atoms with Crippen molar-refractivity contribution in [1.29, 1.82) is 0 Å². The van der Waals surface area contributed by atoms with Crippen LogP contribution in [0.1, 0.15) is 0 Å². The van der Waals surface area contributed by atoms with Crippen LogP contribution in [0, 0.1) is 0 Å². The fraction of sp³-hybridized carbons (Fsp3) is 0. The van der Waals surface area contributed by atoms with Gasteiger partial charge in [-0.1, -0.05) is 82.7 Å². The van der Waals surface area contributed by atoms with Gasteiger partial charge in [-0.25, -0.2) is 0 Å². The number of hydrogen-bond donors (Lipinski definition) is 0. The first-order valence-electron chi connectivity index (χ1n) is 7.11. The van der Waals surface area contributed by atoms with Gasteiger partial charge in [-0.2, -0.15) is 0 Å². The molecule has 0 saturated carbocycles. The van der Waals surface area contributed by atoms with Crippen LogP contribution in [0.3, 0.4) is 0 Å². The maximum absolute atomic E-state index is 3.80. The summed E-state index contributed by atoms with van der Waals surface area (Å²) < 4.78 is 2.28. The minimum Gasteiger partial charge on any atom is -0.0616 e. The zero-order valence-corrected chi connectivity index (χ0v) is 14.9. The molecule has 4 rings (SSSR count). The van der Waals surface area contributed by atoms with E-state index in [0.29, 0.717) is 0 Å². The van der Waals surface area contributed by atoms with E-state index < -0.39 is 0 Å². The highest BCUT2D eigenvalue weighted by Gasteiger charge is 2.14. The standard InChI is InChI=1S/C20H12Br2/c21-18-12-6-5-11-17(18)19-13-7-1-3-9-15(13)20(22)16-10-4-2-8-14(16)19/h1-12H. The zero-order chi connectivity index (χ0) is 15.1. The summed E-state index contributed by atoms with van der Waals surface area (Å²) in [6, 6.07) is 25.5. The van der Waals surface area contributed by atoms with Crippen LogP contribution in [0.15, 0.2) is 81.7 Å². The van der Waals surface area contributed by atoms with E-state index in [1.807, 2.05) is 0 Å². The van der Waals surface area contributed by atoms with Crippen LogP contribution in [0.2, 0.25) is 0 Å². The van der Waals surface area contributed by atoms with Crippen LogP contribution in [0.4, 0.5) is 0 Å². The number of rotatable bonds is 1. The molecule has 0 nitrogen and oxygen atoms in total. The van der Waals surface area contributed by atoms with E-state index >= 15 is 0 Å². The van der Waals surface area contributed by atoms with E-state index in [4.69, 9.17) is 0 Å². The van der Waals surface area contributed by atoms with Gasteiger partial charge in [0.05, 0.1) is 0 Å². The van der Waals surface area contributed by atoms with Crippen molar-refractivity contribution in [2.75, 3.05) is 0 Å². The molecule has 0 saturated heterocycles. The summed E-state index contributed by atoms with van der Waals surface area (Å²) in [5.74, 6) is 0. The van der Waals surface area contributed by atoms with Crippen molar-refractivity contribution >= 4 is 53.4 Å². The second-order valence-electron chi connectivity index (χ2n) is 5.26. The largest absolute Gasteiger partial charge is 0.0616 e. The summed E-state index contributed by atoms with van der Waals surface area (Å²) in [7, 11) is 0. The molecule has 0 aromatic heterocycles. The van der Waals surface area contributed by atoms with Crippen LogP contribution in [0.5, 0.6) is 0 Å². The van der Waals surface area contributed by atoms with Gasteiger partial charge in [0.1, 0.15) is 0 Å². The average Bonchev–Trinajstić information content (AvgIpc) is 2.57. The van der Waals surface area contributed by atoms with Gasteiger partial charge in [0.25, 0.3) is 0 Å². The van der Waals surface area contributed by atoms with Crippen LogP contribution < -0.4 is 0 Å². The number of halogens is 2. The number of benzene rings is 4. The molecule has 0 bridgehead atoms. The van der Waals surface area contributed by atoms with Gasteiger partial charge in [0.2, 0.25) is 0 Å². The highest BCUT2D eigenvalue weighted by molar-refractivity contribution is 9.11. The molecule has 4 aromatic carbocycles. The van der Waals surface area contributed by atoms with Gasteiger partial charge in [0, 0.05) is 8.95 Å². The molecule has 0 heterocycles. The molecule has 2 heteroatoms. The van der Waals surface area contributed by atoms with Gasteiger partial charge < -0.3 is 0 Å². The molecular formula is C20H12Br2. The summed E-state index contributed by atoms with van der Waals surface area (Å²) in [5, 5.41) is 5.01. The molecule has 0 radical (unpaired) electrons. The summed E-state index contributed by atoms with van der Waals surface area (Å²) in [6.07, 6.45) is 0. The Bertz CT molecular complexity index is 946. The second-order valence-corrected chi connectivity index (χ2v) is 6.91. The average molecular weight is 412 g/mol. The Morgan fingerprint density at radius 1 is 0.500 bits per heavy atom. The van der Waals surface area contributed by atoms with Gasteiger partial charge >= 0.3 is 0 Å². The molecule has 0 aliphatic carbocycles. The maximum atomic E-state index is 3.80. The summed E-state index contributed by atoms with van der Waals surface area (Å²) in [4.78, 5) is 0. The van der Waals surface area contributed by atoms with Gasteiger partial charge in [-0.3, -0.25) is 0 Å². The molecule has 0 fully saturated rings. The number of hydrogen-bond acceptors (Lipinski definition) is 0. The molecule has 0 N–H and O–H groups in total. The van der Waals surface area contributed by atoms with Crippen LogP contribution in [-0.4, -0.2) is 0 Å². The van der Waals surface area contributed by atoms with E-state index in [9.17, 15) is 0 Å². The summed E-state index contributed by atoms with van der Waals surface area (Å²) >= 11 is 7.51. The van der Waals surface area contributed by atoms with Gasteiger partial charge in [-0.05, 0) is 54.7 Å². The van der Waals surface area contributed by atoms with E-state index in [2.05, 4.69) is 105 Å². The Labute approximate surface area is 146 Å². The third kappa shape index (κ3) is 2.10. The molecule has 22 heavy (non-hydrogen) atoms. The van der Waals surface area contributed by atoms with E-state index in [1.165, 1.54) is 32.7 Å². The monoisotopic (exact) mass is 410 g/mol.